The highest BCUT2D eigenvalue weighted by Gasteiger charge is 2.22. The van der Waals surface area contributed by atoms with Crippen molar-refractivity contribution in [3.63, 3.8) is 0 Å². The number of carbonyl (C=O) groups is 1. The molecule has 118 valence electrons. The van der Waals surface area contributed by atoms with Gasteiger partial charge in [-0.05, 0) is 12.1 Å². The van der Waals surface area contributed by atoms with Crippen molar-refractivity contribution in [1.29, 1.82) is 0 Å². The van der Waals surface area contributed by atoms with Crippen molar-refractivity contribution >= 4 is 17.4 Å². The second-order valence-electron chi connectivity index (χ2n) is 5.13. The smallest absolute Gasteiger partial charge is 0.319 e. The quantitative estimate of drug-likeness (QED) is 0.672. The highest BCUT2D eigenvalue weighted by Crippen LogP contribution is 2.31. The van der Waals surface area contributed by atoms with Crippen LogP contribution in [0.2, 0.25) is 0 Å². The van der Waals surface area contributed by atoms with E-state index in [1.807, 2.05) is 24.3 Å². The first-order valence-corrected chi connectivity index (χ1v) is 7.17. The number of nitrogens with one attached hydrogen (secondary N) is 2. The lowest BCUT2D eigenvalue weighted by Crippen LogP contribution is -2.35. The van der Waals surface area contributed by atoms with E-state index in [1.165, 1.54) is 18.2 Å². The van der Waals surface area contributed by atoms with Crippen LogP contribution in [0.5, 0.6) is 5.75 Å². The summed E-state index contributed by atoms with van der Waals surface area (Å²) in [4.78, 5) is 22.4. The van der Waals surface area contributed by atoms with E-state index in [0.29, 0.717) is 18.7 Å². The standard InChI is InChI=1S/C16H15N3O4/c20-16(17-11-4-3-5-12(10-11)19(21)22)18-14-8-9-23-15-7-2-1-6-13(14)15/h1-7,10,14H,8-9H2,(H2,17,18,20)/t14-/m0/s1. The van der Waals surface area contributed by atoms with Crippen LogP contribution >= 0.6 is 0 Å². The maximum absolute atomic E-state index is 12.1. The Balaban J connectivity index is 1.69. The fourth-order valence-corrected chi connectivity index (χ4v) is 2.51. The Hall–Kier alpha value is -3.09. The van der Waals surface area contributed by atoms with E-state index in [2.05, 4.69) is 10.6 Å². The summed E-state index contributed by atoms with van der Waals surface area (Å²) in [6.45, 7) is 0.527. The first-order chi connectivity index (χ1) is 11.1. The van der Waals surface area contributed by atoms with Gasteiger partial charge in [0.1, 0.15) is 5.75 Å². The van der Waals surface area contributed by atoms with Crippen molar-refractivity contribution in [2.75, 3.05) is 11.9 Å². The molecule has 2 aromatic carbocycles. The number of nitrogens with zero attached hydrogens (tertiary/aromatic N) is 1. The summed E-state index contributed by atoms with van der Waals surface area (Å²) in [6, 6.07) is 12.8. The molecule has 0 aliphatic carbocycles. The van der Waals surface area contributed by atoms with E-state index in [9.17, 15) is 14.9 Å². The molecular formula is C16H15N3O4. The SMILES string of the molecule is O=C(Nc1cccc([N+](=O)[O-])c1)N[C@H]1CCOc2ccccc21. The van der Waals surface area contributed by atoms with Gasteiger partial charge in [0.05, 0.1) is 17.6 Å². The summed E-state index contributed by atoms with van der Waals surface area (Å²) in [5.74, 6) is 0.763. The van der Waals surface area contributed by atoms with Gasteiger partial charge in [0.25, 0.3) is 5.69 Å². The summed E-state index contributed by atoms with van der Waals surface area (Å²) in [6.07, 6.45) is 0.666. The molecular weight excluding hydrogens is 298 g/mol. The molecule has 2 aromatic rings. The number of nitro groups is 1. The maximum Gasteiger partial charge on any atom is 0.319 e. The minimum atomic E-state index is -0.502. The number of fused-ring (bicyclic) bond motifs is 1. The second kappa shape index (κ2) is 6.35. The number of amides is 2. The molecule has 0 saturated carbocycles. The van der Waals surface area contributed by atoms with Crippen LogP contribution in [0.1, 0.15) is 18.0 Å². The third-order valence-electron chi connectivity index (χ3n) is 3.58. The zero-order chi connectivity index (χ0) is 16.2. The van der Waals surface area contributed by atoms with E-state index < -0.39 is 11.0 Å². The van der Waals surface area contributed by atoms with Gasteiger partial charge in [0, 0.05) is 29.8 Å². The number of hydrogen-bond donors (Lipinski definition) is 2. The van der Waals surface area contributed by atoms with Gasteiger partial charge in [0.15, 0.2) is 0 Å². The van der Waals surface area contributed by atoms with Gasteiger partial charge in [-0.15, -0.1) is 0 Å². The number of ether oxygens (including phenoxy) is 1. The summed E-state index contributed by atoms with van der Waals surface area (Å²) < 4.78 is 5.55. The van der Waals surface area contributed by atoms with E-state index in [4.69, 9.17) is 4.74 Å². The average Bonchev–Trinajstić information content (AvgIpc) is 2.55. The lowest BCUT2D eigenvalue weighted by atomic mass is 10.0. The topological polar surface area (TPSA) is 93.5 Å². The van der Waals surface area contributed by atoms with Gasteiger partial charge in [-0.25, -0.2) is 4.79 Å². The zero-order valence-electron chi connectivity index (χ0n) is 12.2. The molecule has 0 spiro atoms. The van der Waals surface area contributed by atoms with Crippen LogP contribution < -0.4 is 15.4 Å². The number of benzene rings is 2. The third-order valence-corrected chi connectivity index (χ3v) is 3.58. The predicted molar refractivity (Wildman–Crippen MR) is 84.5 cm³/mol. The molecule has 7 heteroatoms. The van der Waals surface area contributed by atoms with Gasteiger partial charge in [-0.3, -0.25) is 10.1 Å². The Morgan fingerprint density at radius 2 is 2.04 bits per heavy atom. The van der Waals surface area contributed by atoms with Crippen LogP contribution in [-0.2, 0) is 0 Å². The highest BCUT2D eigenvalue weighted by atomic mass is 16.6. The van der Waals surface area contributed by atoms with Crippen molar-refractivity contribution < 1.29 is 14.5 Å². The molecule has 2 amide bonds. The van der Waals surface area contributed by atoms with Gasteiger partial charge in [-0.1, -0.05) is 24.3 Å². The van der Waals surface area contributed by atoms with Crippen LogP contribution in [0.4, 0.5) is 16.2 Å². The molecule has 1 aliphatic rings. The number of para-hydroxylation sites is 1. The fourth-order valence-electron chi connectivity index (χ4n) is 2.51. The van der Waals surface area contributed by atoms with E-state index >= 15 is 0 Å². The first-order valence-electron chi connectivity index (χ1n) is 7.17. The lowest BCUT2D eigenvalue weighted by molar-refractivity contribution is -0.384. The highest BCUT2D eigenvalue weighted by molar-refractivity contribution is 5.90. The molecule has 2 N–H and O–H groups in total. The molecule has 23 heavy (non-hydrogen) atoms. The number of anilines is 1. The summed E-state index contributed by atoms with van der Waals surface area (Å²) in [5, 5.41) is 16.2. The van der Waals surface area contributed by atoms with Crippen LogP contribution in [0.15, 0.2) is 48.5 Å². The van der Waals surface area contributed by atoms with Gasteiger partial charge in [-0.2, -0.15) is 0 Å². The van der Waals surface area contributed by atoms with Crippen LogP contribution in [-0.4, -0.2) is 17.6 Å². The normalized spacial score (nSPS) is 15.9. The molecule has 0 unspecified atom stereocenters. The Morgan fingerprint density at radius 3 is 2.87 bits per heavy atom. The van der Waals surface area contributed by atoms with Crippen molar-refractivity contribution in [1.82, 2.24) is 5.32 Å². The van der Waals surface area contributed by atoms with Crippen molar-refractivity contribution in [3.8, 4) is 5.75 Å². The molecule has 0 bridgehead atoms. The number of carbonyl (C=O) groups excluding carboxylic acids is 1. The Kier molecular flexibility index (Phi) is 4.09. The van der Waals surface area contributed by atoms with E-state index in [-0.39, 0.29) is 11.7 Å². The van der Waals surface area contributed by atoms with E-state index in [1.54, 1.807) is 6.07 Å². The monoisotopic (exact) mass is 313 g/mol. The molecule has 0 aromatic heterocycles. The van der Waals surface area contributed by atoms with Gasteiger partial charge >= 0.3 is 6.03 Å². The van der Waals surface area contributed by atoms with Crippen molar-refractivity contribution in [2.24, 2.45) is 0 Å². The summed E-state index contributed by atoms with van der Waals surface area (Å²) in [7, 11) is 0. The Labute approximate surface area is 132 Å². The molecule has 0 fully saturated rings. The average molecular weight is 313 g/mol. The Morgan fingerprint density at radius 1 is 1.22 bits per heavy atom. The van der Waals surface area contributed by atoms with Crippen molar-refractivity contribution in [2.45, 2.75) is 12.5 Å². The third kappa shape index (κ3) is 3.39. The van der Waals surface area contributed by atoms with Crippen LogP contribution in [0.25, 0.3) is 0 Å². The molecule has 1 heterocycles. The fraction of sp³-hybridized carbons (Fsp3) is 0.188. The molecule has 0 saturated heterocycles. The molecule has 7 nitrogen and oxygen atoms in total. The molecule has 3 rings (SSSR count). The Bertz CT molecular complexity index is 748. The maximum atomic E-state index is 12.1. The number of non-ortho nitro benzene ring substituents is 1. The number of rotatable bonds is 3. The minimum absolute atomic E-state index is 0.0702. The molecule has 0 radical (unpaired) electrons. The zero-order valence-corrected chi connectivity index (χ0v) is 12.2. The lowest BCUT2D eigenvalue weighted by Gasteiger charge is -2.26. The molecule has 1 atom stereocenters. The minimum Gasteiger partial charge on any atom is -0.493 e. The second-order valence-corrected chi connectivity index (χ2v) is 5.13. The molecule has 1 aliphatic heterocycles. The largest absolute Gasteiger partial charge is 0.493 e. The van der Waals surface area contributed by atoms with Gasteiger partial charge in [0.2, 0.25) is 0 Å². The summed E-state index contributed by atoms with van der Waals surface area (Å²) >= 11 is 0. The number of urea groups is 1. The first kappa shape index (κ1) is 14.8. The van der Waals surface area contributed by atoms with E-state index in [0.717, 1.165) is 11.3 Å². The number of nitro benzene ring substituents is 1. The predicted octanol–water partition coefficient (Wildman–Crippen LogP) is 3.24. The van der Waals surface area contributed by atoms with Crippen LogP contribution in [0, 0.1) is 10.1 Å². The van der Waals surface area contributed by atoms with Crippen LogP contribution in [0.3, 0.4) is 0 Å². The van der Waals surface area contributed by atoms with Crippen molar-refractivity contribution in [3.05, 3.63) is 64.2 Å². The van der Waals surface area contributed by atoms with Gasteiger partial charge < -0.3 is 15.4 Å². The summed E-state index contributed by atoms with van der Waals surface area (Å²) in [5.41, 5.74) is 1.23. The number of hydrogen-bond acceptors (Lipinski definition) is 4.